The third-order valence-corrected chi connectivity index (χ3v) is 3.57. The van der Waals surface area contributed by atoms with Crippen molar-refractivity contribution in [3.8, 4) is 0 Å². The number of rotatable bonds is 4. The van der Waals surface area contributed by atoms with Crippen LogP contribution in [0.25, 0.3) is 0 Å². The second-order valence-corrected chi connectivity index (χ2v) is 4.89. The van der Waals surface area contributed by atoms with Crippen LogP contribution in [-0.4, -0.2) is 40.0 Å². The van der Waals surface area contributed by atoms with Crippen molar-refractivity contribution >= 4 is 29.3 Å². The van der Waals surface area contributed by atoms with Crippen LogP contribution in [0, 0.1) is 0 Å². The molecule has 1 heterocycles. The predicted octanol–water partition coefficient (Wildman–Crippen LogP) is 0.650. The summed E-state index contributed by atoms with van der Waals surface area (Å²) in [6, 6.07) is 7.05. The molecule has 6 heteroatoms. The Labute approximate surface area is 109 Å². The van der Waals surface area contributed by atoms with Crippen molar-refractivity contribution in [1.29, 1.82) is 0 Å². The van der Waals surface area contributed by atoms with Gasteiger partial charge in [-0.15, -0.1) is 11.8 Å². The fourth-order valence-electron chi connectivity index (χ4n) is 1.68. The zero-order valence-electron chi connectivity index (χ0n) is 9.76. The highest BCUT2D eigenvalue weighted by molar-refractivity contribution is 8.00. The number of benzene rings is 1. The fraction of sp³-hybridized carbons (Fsp3) is 0.333. The minimum atomic E-state index is -0.244. The lowest BCUT2D eigenvalue weighted by atomic mass is 10.2. The van der Waals surface area contributed by atoms with Crippen LogP contribution in [-0.2, 0) is 16.2 Å². The number of para-hydroxylation sites is 1. The number of nitrogens with zero attached hydrogens (tertiary/aromatic N) is 1. The van der Waals surface area contributed by atoms with Gasteiger partial charge in [0.2, 0.25) is 11.8 Å². The number of nitrogens with one attached hydrogen (secondary N) is 1. The number of carbonyl (C=O) groups is 2. The second-order valence-electron chi connectivity index (χ2n) is 3.93. The first-order valence-electron chi connectivity index (χ1n) is 5.55. The van der Waals surface area contributed by atoms with E-state index >= 15 is 0 Å². The summed E-state index contributed by atoms with van der Waals surface area (Å²) in [7, 11) is 0. The number of amides is 2. The molecule has 1 aliphatic rings. The van der Waals surface area contributed by atoms with Crippen LogP contribution >= 0.6 is 11.8 Å². The standard InChI is InChI=1S/C12H14N2O3S/c15-6-9-3-1-2-4-10(9)13-11(16)5-14-8-18-7-12(14)17/h1-4,15H,5-8H2,(H,13,16). The van der Waals surface area contributed by atoms with E-state index < -0.39 is 0 Å². The minimum Gasteiger partial charge on any atom is -0.392 e. The van der Waals surface area contributed by atoms with Crippen LogP contribution in [0.1, 0.15) is 5.56 Å². The number of aliphatic hydroxyl groups is 1. The molecule has 0 aromatic heterocycles. The summed E-state index contributed by atoms with van der Waals surface area (Å²) in [5.41, 5.74) is 1.25. The predicted molar refractivity (Wildman–Crippen MR) is 70.0 cm³/mol. The van der Waals surface area contributed by atoms with Crippen molar-refractivity contribution in [3.05, 3.63) is 29.8 Å². The van der Waals surface area contributed by atoms with E-state index in [9.17, 15) is 9.59 Å². The highest BCUT2D eigenvalue weighted by Crippen LogP contribution is 2.17. The molecule has 2 rings (SSSR count). The van der Waals surface area contributed by atoms with E-state index in [1.54, 1.807) is 24.3 Å². The van der Waals surface area contributed by atoms with E-state index in [1.165, 1.54) is 16.7 Å². The molecule has 96 valence electrons. The number of anilines is 1. The zero-order chi connectivity index (χ0) is 13.0. The summed E-state index contributed by atoms with van der Waals surface area (Å²) in [5.74, 6) is 0.756. The largest absolute Gasteiger partial charge is 0.392 e. The molecule has 0 saturated carbocycles. The molecule has 1 aromatic rings. The maximum absolute atomic E-state index is 11.8. The lowest BCUT2D eigenvalue weighted by molar-refractivity contribution is -0.130. The van der Waals surface area contributed by atoms with Gasteiger partial charge in [-0.05, 0) is 6.07 Å². The highest BCUT2D eigenvalue weighted by Gasteiger charge is 2.22. The monoisotopic (exact) mass is 266 g/mol. The van der Waals surface area contributed by atoms with Crippen LogP contribution in [0.2, 0.25) is 0 Å². The maximum Gasteiger partial charge on any atom is 0.244 e. The molecule has 0 radical (unpaired) electrons. The number of hydrogen-bond donors (Lipinski definition) is 2. The molecule has 5 nitrogen and oxygen atoms in total. The molecular formula is C12H14N2O3S. The summed E-state index contributed by atoms with van der Waals surface area (Å²) in [5, 5.41) is 11.8. The first kappa shape index (κ1) is 12.9. The molecule has 1 aromatic carbocycles. The third-order valence-electron chi connectivity index (χ3n) is 2.62. The van der Waals surface area contributed by atoms with E-state index in [1.807, 2.05) is 0 Å². The molecule has 2 amide bonds. The Bertz CT molecular complexity index is 464. The number of thioether (sulfide) groups is 1. The molecule has 0 aliphatic carbocycles. The SMILES string of the molecule is O=C(CN1CSCC1=O)Nc1ccccc1CO. The summed E-state index contributed by atoms with van der Waals surface area (Å²) >= 11 is 1.50. The van der Waals surface area contributed by atoms with E-state index in [0.717, 1.165) is 0 Å². The molecule has 1 aliphatic heterocycles. The molecule has 0 spiro atoms. The average molecular weight is 266 g/mol. The van der Waals surface area contributed by atoms with E-state index in [0.29, 0.717) is 22.9 Å². The first-order chi connectivity index (χ1) is 8.70. The Morgan fingerprint density at radius 3 is 2.89 bits per heavy atom. The third kappa shape index (κ3) is 3.02. The fourth-order valence-corrected chi connectivity index (χ4v) is 2.59. The summed E-state index contributed by atoms with van der Waals surface area (Å²) in [6.07, 6.45) is 0. The van der Waals surface area contributed by atoms with Gasteiger partial charge in [0.25, 0.3) is 0 Å². The minimum absolute atomic E-state index is 0.00871. The van der Waals surface area contributed by atoms with E-state index in [4.69, 9.17) is 5.11 Å². The van der Waals surface area contributed by atoms with E-state index in [-0.39, 0.29) is 25.0 Å². The molecule has 0 bridgehead atoms. The molecule has 2 N–H and O–H groups in total. The Kier molecular flexibility index (Phi) is 4.22. The van der Waals surface area contributed by atoms with Crippen LogP contribution in [0.3, 0.4) is 0 Å². The van der Waals surface area contributed by atoms with Crippen molar-refractivity contribution in [2.45, 2.75) is 6.61 Å². The van der Waals surface area contributed by atoms with Gasteiger partial charge in [-0.3, -0.25) is 9.59 Å². The van der Waals surface area contributed by atoms with E-state index in [2.05, 4.69) is 5.32 Å². The highest BCUT2D eigenvalue weighted by atomic mass is 32.2. The lowest BCUT2D eigenvalue weighted by Gasteiger charge is -2.15. The smallest absolute Gasteiger partial charge is 0.244 e. The number of aliphatic hydroxyl groups excluding tert-OH is 1. The van der Waals surface area contributed by atoms with Crippen LogP contribution in [0.5, 0.6) is 0 Å². The zero-order valence-corrected chi connectivity index (χ0v) is 10.6. The molecule has 0 atom stereocenters. The van der Waals surface area contributed by atoms with Crippen LogP contribution < -0.4 is 5.32 Å². The van der Waals surface area contributed by atoms with Gasteiger partial charge in [0.15, 0.2) is 0 Å². The van der Waals surface area contributed by atoms with Gasteiger partial charge in [0.1, 0.15) is 6.54 Å². The molecule has 0 unspecified atom stereocenters. The van der Waals surface area contributed by atoms with Crippen molar-refractivity contribution in [1.82, 2.24) is 4.90 Å². The van der Waals surface area contributed by atoms with Gasteiger partial charge in [-0.2, -0.15) is 0 Å². The van der Waals surface area contributed by atoms with Gasteiger partial charge in [0.05, 0.1) is 18.2 Å². The summed E-state index contributed by atoms with van der Waals surface area (Å²) in [6.45, 7) is -0.0689. The van der Waals surface area contributed by atoms with Crippen LogP contribution in [0.15, 0.2) is 24.3 Å². The topological polar surface area (TPSA) is 69.6 Å². The van der Waals surface area contributed by atoms with Crippen molar-refractivity contribution in [3.63, 3.8) is 0 Å². The maximum atomic E-state index is 11.8. The quantitative estimate of drug-likeness (QED) is 0.839. The Morgan fingerprint density at radius 2 is 2.22 bits per heavy atom. The average Bonchev–Trinajstić information content (AvgIpc) is 2.75. The summed E-state index contributed by atoms with van der Waals surface area (Å²) < 4.78 is 0. The van der Waals surface area contributed by atoms with Gasteiger partial charge >= 0.3 is 0 Å². The van der Waals surface area contributed by atoms with Gasteiger partial charge in [0, 0.05) is 11.3 Å². The lowest BCUT2D eigenvalue weighted by Crippen LogP contribution is -2.34. The molecular weight excluding hydrogens is 252 g/mol. The Morgan fingerprint density at radius 1 is 1.44 bits per heavy atom. The van der Waals surface area contributed by atoms with Gasteiger partial charge in [-0.25, -0.2) is 0 Å². The second kappa shape index (κ2) is 5.88. The van der Waals surface area contributed by atoms with Crippen LogP contribution in [0.4, 0.5) is 5.69 Å². The Hall–Kier alpha value is -1.53. The number of carbonyl (C=O) groups excluding carboxylic acids is 2. The normalized spacial score (nSPS) is 14.9. The van der Waals surface area contributed by atoms with Gasteiger partial charge in [-0.1, -0.05) is 18.2 Å². The number of hydrogen-bond acceptors (Lipinski definition) is 4. The van der Waals surface area contributed by atoms with Crippen molar-refractivity contribution in [2.75, 3.05) is 23.5 Å². The van der Waals surface area contributed by atoms with Crippen molar-refractivity contribution < 1.29 is 14.7 Å². The van der Waals surface area contributed by atoms with Crippen molar-refractivity contribution in [2.24, 2.45) is 0 Å². The molecule has 18 heavy (non-hydrogen) atoms. The summed E-state index contributed by atoms with van der Waals surface area (Å²) in [4.78, 5) is 24.7. The van der Waals surface area contributed by atoms with Gasteiger partial charge < -0.3 is 15.3 Å². The molecule has 1 saturated heterocycles. The molecule has 1 fully saturated rings. The Balaban J connectivity index is 1.96. The first-order valence-corrected chi connectivity index (χ1v) is 6.70.